The van der Waals surface area contributed by atoms with Crippen LogP contribution in [-0.4, -0.2) is 55.2 Å². The fourth-order valence-electron chi connectivity index (χ4n) is 0.814. The van der Waals surface area contributed by atoms with E-state index in [-0.39, 0.29) is 6.61 Å². The minimum atomic E-state index is -4.17. The standard InChI is InChI=1S/2C3H6N2.C2H7O4P/c2*1-2-5-3-4-1;1-2-6-7(3,4)5/h2*3H,1-2H2,(H,4,5);2H2,1H3,(H2,3,4,5). The van der Waals surface area contributed by atoms with Crippen LogP contribution in [0.25, 0.3) is 0 Å². The SMILES string of the molecule is C1=NCCN1.C1=NCCN1.CCOP(=O)(O)O. The molecule has 0 saturated heterocycles. The molecule has 0 aromatic heterocycles. The Morgan fingerprint density at radius 3 is 1.76 bits per heavy atom. The third kappa shape index (κ3) is 15.1. The van der Waals surface area contributed by atoms with Gasteiger partial charge in [-0.2, -0.15) is 0 Å². The van der Waals surface area contributed by atoms with Crippen LogP contribution in [0.4, 0.5) is 0 Å². The molecule has 4 N–H and O–H groups in total. The monoisotopic (exact) mass is 266 g/mol. The van der Waals surface area contributed by atoms with Crippen LogP contribution in [-0.2, 0) is 9.09 Å². The minimum Gasteiger partial charge on any atom is -0.375 e. The first-order valence-corrected chi connectivity index (χ1v) is 6.72. The van der Waals surface area contributed by atoms with Crippen molar-refractivity contribution < 1.29 is 18.9 Å². The number of hydrogen-bond donors (Lipinski definition) is 4. The third-order valence-electron chi connectivity index (χ3n) is 1.43. The summed E-state index contributed by atoms with van der Waals surface area (Å²) in [6, 6.07) is 0. The molecule has 0 saturated carbocycles. The van der Waals surface area contributed by atoms with Crippen molar-refractivity contribution in [1.82, 2.24) is 10.6 Å². The molecule has 0 atom stereocenters. The minimum absolute atomic E-state index is 0.0459. The van der Waals surface area contributed by atoms with Crippen LogP contribution in [0.5, 0.6) is 0 Å². The Morgan fingerprint density at radius 2 is 1.71 bits per heavy atom. The first kappa shape index (κ1) is 16.1. The lowest BCUT2D eigenvalue weighted by atomic mass is 10.7. The number of nitrogens with zero attached hydrogens (tertiary/aromatic N) is 2. The lowest BCUT2D eigenvalue weighted by molar-refractivity contribution is 0.206. The summed E-state index contributed by atoms with van der Waals surface area (Å²) in [6.07, 6.45) is 3.47. The van der Waals surface area contributed by atoms with Gasteiger partial charge in [0.1, 0.15) is 0 Å². The Bertz CT molecular complexity index is 251. The van der Waals surface area contributed by atoms with Crippen molar-refractivity contribution in [3.8, 4) is 0 Å². The van der Waals surface area contributed by atoms with Crippen LogP contribution < -0.4 is 10.6 Å². The molecule has 0 aromatic carbocycles. The average molecular weight is 266 g/mol. The summed E-state index contributed by atoms with van der Waals surface area (Å²) in [5, 5.41) is 5.86. The molecule has 0 amide bonds. The highest BCUT2D eigenvalue weighted by Gasteiger charge is 2.10. The van der Waals surface area contributed by atoms with Gasteiger partial charge in [-0.25, -0.2) is 4.57 Å². The third-order valence-corrected chi connectivity index (χ3v) is 2.03. The molecule has 8 nitrogen and oxygen atoms in total. The van der Waals surface area contributed by atoms with Gasteiger partial charge in [0.2, 0.25) is 0 Å². The van der Waals surface area contributed by atoms with Crippen molar-refractivity contribution in [3.05, 3.63) is 0 Å². The summed E-state index contributed by atoms with van der Waals surface area (Å²) in [5.74, 6) is 0. The summed E-state index contributed by atoms with van der Waals surface area (Å²) in [5.41, 5.74) is 0. The summed E-state index contributed by atoms with van der Waals surface area (Å²) in [7, 11) is -4.17. The number of rotatable bonds is 2. The summed E-state index contributed by atoms with van der Waals surface area (Å²) in [4.78, 5) is 23.5. The lowest BCUT2D eigenvalue weighted by Gasteiger charge is -1.98. The molecule has 0 spiro atoms. The van der Waals surface area contributed by atoms with Gasteiger partial charge in [-0.1, -0.05) is 0 Å². The van der Waals surface area contributed by atoms with E-state index in [1.807, 2.05) is 0 Å². The zero-order valence-corrected chi connectivity index (χ0v) is 10.6. The fraction of sp³-hybridized carbons (Fsp3) is 0.750. The second kappa shape index (κ2) is 10.2. The van der Waals surface area contributed by atoms with E-state index in [1.54, 1.807) is 12.7 Å². The molecular weight excluding hydrogens is 247 g/mol. The number of phosphoric acid groups is 1. The lowest BCUT2D eigenvalue weighted by Crippen LogP contribution is -2.04. The van der Waals surface area contributed by atoms with Gasteiger partial charge in [-0.05, 0) is 6.92 Å². The first-order chi connectivity index (χ1) is 8.06. The highest BCUT2D eigenvalue weighted by molar-refractivity contribution is 7.46. The molecule has 2 aliphatic heterocycles. The van der Waals surface area contributed by atoms with Gasteiger partial charge in [0.15, 0.2) is 0 Å². The number of nitrogens with one attached hydrogen (secondary N) is 2. The first-order valence-electron chi connectivity index (χ1n) is 5.19. The largest absolute Gasteiger partial charge is 0.469 e. The molecule has 0 bridgehead atoms. The molecule has 2 rings (SSSR count). The van der Waals surface area contributed by atoms with E-state index in [9.17, 15) is 4.57 Å². The van der Waals surface area contributed by atoms with Crippen molar-refractivity contribution in [2.45, 2.75) is 6.92 Å². The quantitative estimate of drug-likeness (QED) is 0.494. The Morgan fingerprint density at radius 1 is 1.24 bits per heavy atom. The van der Waals surface area contributed by atoms with Gasteiger partial charge in [-0.15, -0.1) is 0 Å². The predicted octanol–water partition coefficient (Wildman–Crippen LogP) is -0.649. The number of phosphoric ester groups is 1. The second-order valence-electron chi connectivity index (χ2n) is 2.89. The molecule has 0 unspecified atom stereocenters. The zero-order valence-electron chi connectivity index (χ0n) is 9.74. The average Bonchev–Trinajstić information content (AvgIpc) is 2.96. The maximum Gasteiger partial charge on any atom is 0.469 e. The Hall–Kier alpha value is -0.950. The molecular formula is C8H19N4O4P. The normalized spacial score (nSPS) is 16.2. The van der Waals surface area contributed by atoms with Gasteiger partial charge in [0.25, 0.3) is 0 Å². The number of hydrogen-bond acceptors (Lipinski definition) is 6. The van der Waals surface area contributed by atoms with E-state index < -0.39 is 7.82 Å². The molecule has 0 aliphatic carbocycles. The fourth-order valence-corrected chi connectivity index (χ4v) is 1.15. The summed E-state index contributed by atoms with van der Waals surface area (Å²) < 4.78 is 13.6. The van der Waals surface area contributed by atoms with Crippen molar-refractivity contribution >= 4 is 20.5 Å². The molecule has 0 radical (unpaired) electrons. The molecule has 0 aromatic rings. The van der Waals surface area contributed by atoms with Crippen LogP contribution in [0.2, 0.25) is 0 Å². The van der Waals surface area contributed by atoms with Crippen LogP contribution >= 0.6 is 7.82 Å². The topological polar surface area (TPSA) is 116 Å². The van der Waals surface area contributed by atoms with E-state index >= 15 is 0 Å². The van der Waals surface area contributed by atoms with Crippen LogP contribution in [0.15, 0.2) is 9.98 Å². The van der Waals surface area contributed by atoms with Gasteiger partial charge in [-0.3, -0.25) is 14.5 Å². The van der Waals surface area contributed by atoms with Crippen molar-refractivity contribution in [3.63, 3.8) is 0 Å². The Kier molecular flexibility index (Phi) is 9.65. The highest BCUT2D eigenvalue weighted by Crippen LogP contribution is 2.34. The predicted molar refractivity (Wildman–Crippen MR) is 66.4 cm³/mol. The van der Waals surface area contributed by atoms with Crippen molar-refractivity contribution in [1.29, 1.82) is 0 Å². The smallest absolute Gasteiger partial charge is 0.375 e. The van der Waals surface area contributed by atoms with Crippen LogP contribution in [0, 0.1) is 0 Å². The van der Waals surface area contributed by atoms with E-state index in [2.05, 4.69) is 25.1 Å². The van der Waals surface area contributed by atoms with Gasteiger partial charge in [0.05, 0.1) is 32.4 Å². The Labute approximate surface area is 100 Å². The van der Waals surface area contributed by atoms with E-state index in [0.717, 1.165) is 26.2 Å². The Balaban J connectivity index is 0.000000229. The summed E-state index contributed by atoms with van der Waals surface area (Å²) >= 11 is 0. The van der Waals surface area contributed by atoms with Gasteiger partial charge >= 0.3 is 7.82 Å². The highest BCUT2D eigenvalue weighted by atomic mass is 31.2. The number of aliphatic imine (C=N–C) groups is 2. The van der Waals surface area contributed by atoms with Gasteiger partial charge in [0, 0.05) is 13.1 Å². The molecule has 17 heavy (non-hydrogen) atoms. The van der Waals surface area contributed by atoms with Crippen LogP contribution in [0.3, 0.4) is 0 Å². The van der Waals surface area contributed by atoms with Crippen molar-refractivity contribution in [2.24, 2.45) is 9.98 Å². The molecule has 0 fully saturated rings. The van der Waals surface area contributed by atoms with Crippen molar-refractivity contribution in [2.75, 3.05) is 32.8 Å². The van der Waals surface area contributed by atoms with E-state index in [0.29, 0.717) is 0 Å². The summed E-state index contributed by atoms with van der Waals surface area (Å²) in [6.45, 7) is 5.53. The van der Waals surface area contributed by atoms with E-state index in [4.69, 9.17) is 9.79 Å². The van der Waals surface area contributed by atoms with Crippen LogP contribution in [0.1, 0.15) is 6.92 Å². The zero-order chi connectivity index (χ0) is 13.0. The molecule has 2 heterocycles. The second-order valence-corrected chi connectivity index (χ2v) is 4.13. The molecule has 9 heteroatoms. The van der Waals surface area contributed by atoms with Gasteiger partial charge < -0.3 is 20.4 Å². The van der Waals surface area contributed by atoms with E-state index in [1.165, 1.54) is 6.92 Å². The maximum absolute atomic E-state index is 9.70. The molecule has 100 valence electrons. The maximum atomic E-state index is 9.70. The molecule has 2 aliphatic rings.